The fraction of sp³-hybridized carbons (Fsp3) is 0.308. The number of hydrazine groups is 1. The molecule has 1 unspecified atom stereocenters. The van der Waals surface area contributed by atoms with Crippen LogP contribution < -0.4 is 11.3 Å². The molecule has 0 aliphatic rings. The van der Waals surface area contributed by atoms with E-state index in [4.69, 9.17) is 5.84 Å². The molecule has 5 heteroatoms. The van der Waals surface area contributed by atoms with Crippen LogP contribution in [-0.4, -0.2) is 9.78 Å². The van der Waals surface area contributed by atoms with E-state index in [9.17, 15) is 0 Å². The van der Waals surface area contributed by atoms with Gasteiger partial charge in [-0.3, -0.25) is 16.0 Å². The Bertz CT molecular complexity index is 495. The number of nitrogens with one attached hydrogen (secondary N) is 1. The minimum Gasteiger partial charge on any atom is -0.271 e. The number of aryl methyl sites for hydroxylation is 1. The van der Waals surface area contributed by atoms with E-state index in [1.165, 1.54) is 5.56 Å². The predicted octanol–water partition coefficient (Wildman–Crippen LogP) is 2.41. The Kier molecular flexibility index (Phi) is 4.52. The molecule has 0 aliphatic heterocycles. The molecule has 4 nitrogen and oxygen atoms in total. The van der Waals surface area contributed by atoms with Gasteiger partial charge in [-0.2, -0.15) is 5.10 Å². The van der Waals surface area contributed by atoms with Crippen molar-refractivity contribution in [3.8, 4) is 0 Å². The highest BCUT2D eigenvalue weighted by Gasteiger charge is 2.18. The van der Waals surface area contributed by atoms with Crippen molar-refractivity contribution in [1.29, 1.82) is 0 Å². The Morgan fingerprint density at radius 2 is 2.11 bits per heavy atom. The molecule has 0 saturated carbocycles. The highest BCUT2D eigenvalue weighted by Crippen LogP contribution is 2.25. The summed E-state index contributed by atoms with van der Waals surface area (Å²) in [6, 6.07) is 10.3. The fourth-order valence-corrected chi connectivity index (χ4v) is 2.63. The van der Waals surface area contributed by atoms with Gasteiger partial charge in [0.1, 0.15) is 0 Å². The minimum atomic E-state index is 0.0456. The van der Waals surface area contributed by atoms with Gasteiger partial charge in [0.15, 0.2) is 0 Å². The third kappa shape index (κ3) is 2.80. The van der Waals surface area contributed by atoms with Gasteiger partial charge in [0.05, 0.1) is 22.4 Å². The van der Waals surface area contributed by atoms with E-state index in [1.54, 1.807) is 0 Å². The van der Waals surface area contributed by atoms with Crippen LogP contribution in [0.4, 0.5) is 0 Å². The van der Waals surface area contributed by atoms with E-state index in [0.29, 0.717) is 0 Å². The Hall–Kier alpha value is -1.17. The molecule has 3 N–H and O–H groups in total. The van der Waals surface area contributed by atoms with Gasteiger partial charge < -0.3 is 0 Å². The molecule has 96 valence electrons. The maximum atomic E-state index is 5.69. The summed E-state index contributed by atoms with van der Waals surface area (Å²) in [6.07, 6.45) is 2.65. The summed E-state index contributed by atoms with van der Waals surface area (Å²) in [4.78, 5) is 0. The molecule has 1 atom stereocenters. The first kappa shape index (κ1) is 13.3. The third-order valence-corrected chi connectivity index (χ3v) is 3.56. The molecule has 0 aliphatic carbocycles. The van der Waals surface area contributed by atoms with Crippen molar-refractivity contribution in [3.05, 3.63) is 52.3 Å². The molecule has 0 bridgehead atoms. The van der Waals surface area contributed by atoms with E-state index < -0.39 is 0 Å². The van der Waals surface area contributed by atoms with Gasteiger partial charge in [-0.25, -0.2) is 0 Å². The van der Waals surface area contributed by atoms with E-state index in [-0.39, 0.29) is 6.04 Å². The first-order valence-electron chi connectivity index (χ1n) is 5.97. The highest BCUT2D eigenvalue weighted by atomic mass is 79.9. The van der Waals surface area contributed by atoms with Gasteiger partial charge in [0.2, 0.25) is 0 Å². The Labute approximate surface area is 115 Å². The van der Waals surface area contributed by atoms with Crippen molar-refractivity contribution in [2.24, 2.45) is 5.84 Å². The summed E-state index contributed by atoms with van der Waals surface area (Å²) in [7, 11) is 0. The topological polar surface area (TPSA) is 55.9 Å². The lowest BCUT2D eigenvalue weighted by Crippen LogP contribution is -2.31. The number of benzene rings is 1. The lowest BCUT2D eigenvalue weighted by molar-refractivity contribution is 0.489. The number of rotatable bonds is 5. The third-order valence-electron chi connectivity index (χ3n) is 2.95. The van der Waals surface area contributed by atoms with Gasteiger partial charge in [0, 0.05) is 6.54 Å². The van der Waals surface area contributed by atoms with Crippen molar-refractivity contribution in [3.63, 3.8) is 0 Å². The van der Waals surface area contributed by atoms with Crippen molar-refractivity contribution in [2.45, 2.75) is 25.9 Å². The lowest BCUT2D eigenvalue weighted by Gasteiger charge is -2.18. The molecule has 0 fully saturated rings. The fourth-order valence-electron chi connectivity index (χ4n) is 2.05. The van der Waals surface area contributed by atoms with Crippen molar-refractivity contribution in [2.75, 3.05) is 0 Å². The van der Waals surface area contributed by atoms with E-state index in [1.807, 2.05) is 29.1 Å². The first-order chi connectivity index (χ1) is 8.76. The smallest absolute Gasteiger partial charge is 0.0712 e. The van der Waals surface area contributed by atoms with Crippen LogP contribution in [0.3, 0.4) is 0 Å². The predicted molar refractivity (Wildman–Crippen MR) is 75.8 cm³/mol. The van der Waals surface area contributed by atoms with Crippen LogP contribution in [0.1, 0.15) is 24.2 Å². The maximum absolute atomic E-state index is 5.69. The van der Waals surface area contributed by atoms with Crippen LogP contribution in [0.15, 0.2) is 41.0 Å². The van der Waals surface area contributed by atoms with E-state index >= 15 is 0 Å². The average molecular weight is 309 g/mol. The molecular weight excluding hydrogens is 292 g/mol. The molecule has 2 rings (SSSR count). The van der Waals surface area contributed by atoms with Crippen molar-refractivity contribution >= 4 is 15.9 Å². The Balaban J connectivity index is 2.25. The number of hydrogen-bond acceptors (Lipinski definition) is 3. The number of hydrogen-bond donors (Lipinski definition) is 2. The second-order valence-electron chi connectivity index (χ2n) is 4.10. The standard InChI is InChI=1S/C13H17BrN4/c1-2-18-13(11(14)9-16-18)12(17-15)8-10-6-4-3-5-7-10/h3-7,9,12,17H,2,8,15H2,1H3. The molecule has 2 aromatic rings. The maximum Gasteiger partial charge on any atom is 0.0712 e. The van der Waals surface area contributed by atoms with E-state index in [2.05, 4.69) is 45.5 Å². The summed E-state index contributed by atoms with van der Waals surface area (Å²) in [5.41, 5.74) is 5.21. The molecule has 18 heavy (non-hydrogen) atoms. The van der Waals surface area contributed by atoms with Gasteiger partial charge >= 0.3 is 0 Å². The monoisotopic (exact) mass is 308 g/mol. The van der Waals surface area contributed by atoms with Crippen LogP contribution >= 0.6 is 15.9 Å². The first-order valence-corrected chi connectivity index (χ1v) is 6.76. The van der Waals surface area contributed by atoms with E-state index in [0.717, 1.165) is 23.1 Å². The molecule has 1 aromatic carbocycles. The van der Waals surface area contributed by atoms with Gasteiger partial charge in [-0.1, -0.05) is 30.3 Å². The van der Waals surface area contributed by atoms with Crippen LogP contribution in [-0.2, 0) is 13.0 Å². The van der Waals surface area contributed by atoms with Crippen LogP contribution in [0, 0.1) is 0 Å². The van der Waals surface area contributed by atoms with Crippen LogP contribution in [0.25, 0.3) is 0 Å². The molecular formula is C13H17BrN4. The van der Waals surface area contributed by atoms with Gasteiger partial charge in [-0.15, -0.1) is 0 Å². The second kappa shape index (κ2) is 6.13. The summed E-state index contributed by atoms with van der Waals surface area (Å²) < 4.78 is 2.95. The summed E-state index contributed by atoms with van der Waals surface area (Å²) in [5.74, 6) is 5.69. The number of halogens is 1. The van der Waals surface area contributed by atoms with Crippen molar-refractivity contribution in [1.82, 2.24) is 15.2 Å². The molecule has 0 radical (unpaired) electrons. The van der Waals surface area contributed by atoms with Crippen LogP contribution in [0.5, 0.6) is 0 Å². The van der Waals surface area contributed by atoms with Gasteiger partial charge in [-0.05, 0) is 34.8 Å². The number of nitrogens with zero attached hydrogens (tertiary/aromatic N) is 2. The SMILES string of the molecule is CCn1ncc(Br)c1C(Cc1ccccc1)NN. The molecule has 0 amide bonds. The van der Waals surface area contributed by atoms with Gasteiger partial charge in [0.25, 0.3) is 0 Å². The zero-order valence-corrected chi connectivity index (χ0v) is 11.9. The van der Waals surface area contributed by atoms with Crippen LogP contribution in [0.2, 0.25) is 0 Å². The number of aromatic nitrogens is 2. The molecule has 0 spiro atoms. The Morgan fingerprint density at radius 3 is 2.72 bits per heavy atom. The molecule has 0 saturated heterocycles. The zero-order valence-electron chi connectivity index (χ0n) is 10.3. The largest absolute Gasteiger partial charge is 0.271 e. The molecule has 1 aromatic heterocycles. The summed E-state index contributed by atoms with van der Waals surface area (Å²) in [6.45, 7) is 2.90. The highest BCUT2D eigenvalue weighted by molar-refractivity contribution is 9.10. The lowest BCUT2D eigenvalue weighted by atomic mass is 10.0. The number of nitrogens with two attached hydrogens (primary N) is 1. The Morgan fingerprint density at radius 1 is 1.39 bits per heavy atom. The summed E-state index contributed by atoms with van der Waals surface area (Å²) >= 11 is 3.53. The summed E-state index contributed by atoms with van der Waals surface area (Å²) in [5, 5.41) is 4.32. The zero-order chi connectivity index (χ0) is 13.0. The normalized spacial score (nSPS) is 12.6. The second-order valence-corrected chi connectivity index (χ2v) is 4.96. The molecule has 1 heterocycles. The minimum absolute atomic E-state index is 0.0456. The van der Waals surface area contributed by atoms with Crippen molar-refractivity contribution < 1.29 is 0 Å². The quantitative estimate of drug-likeness (QED) is 0.659. The average Bonchev–Trinajstić information content (AvgIpc) is 2.78.